The lowest BCUT2D eigenvalue weighted by Crippen LogP contribution is -2.09. The summed E-state index contributed by atoms with van der Waals surface area (Å²) in [4.78, 5) is 5.87. The van der Waals surface area contributed by atoms with Crippen molar-refractivity contribution in [2.24, 2.45) is 0 Å². The van der Waals surface area contributed by atoms with E-state index in [-0.39, 0.29) is 0 Å². The summed E-state index contributed by atoms with van der Waals surface area (Å²) in [6.07, 6.45) is 6.49. The monoisotopic (exact) mass is 295 g/mol. The first-order valence-electron chi connectivity index (χ1n) is 7.15. The summed E-state index contributed by atoms with van der Waals surface area (Å²) in [6, 6.07) is 12.4. The molecule has 3 nitrogen and oxygen atoms in total. The highest BCUT2D eigenvalue weighted by Crippen LogP contribution is 2.30. The number of hydrogen-bond donors (Lipinski definition) is 1. The number of rotatable bonds is 3. The Balaban J connectivity index is 2.00. The van der Waals surface area contributed by atoms with Crippen LogP contribution in [0, 0.1) is 11.3 Å². The summed E-state index contributed by atoms with van der Waals surface area (Å²) in [5.41, 5.74) is 4.02. The molecular formula is C17H17N3S. The van der Waals surface area contributed by atoms with Gasteiger partial charge in [-0.3, -0.25) is 0 Å². The Morgan fingerprint density at radius 3 is 2.86 bits per heavy atom. The van der Waals surface area contributed by atoms with Crippen LogP contribution in [0.2, 0.25) is 0 Å². The molecule has 1 aromatic heterocycles. The highest BCUT2D eigenvalue weighted by atomic mass is 32.2. The highest BCUT2D eigenvalue weighted by molar-refractivity contribution is 7.98. The van der Waals surface area contributed by atoms with Gasteiger partial charge in [-0.1, -0.05) is 12.1 Å². The predicted molar refractivity (Wildman–Crippen MR) is 87.1 cm³/mol. The molecular weight excluding hydrogens is 278 g/mol. The summed E-state index contributed by atoms with van der Waals surface area (Å²) < 4.78 is 0. The van der Waals surface area contributed by atoms with Crippen LogP contribution in [-0.4, -0.2) is 11.2 Å². The van der Waals surface area contributed by atoms with Crippen LogP contribution in [0.3, 0.4) is 0 Å². The molecule has 1 aromatic carbocycles. The second-order valence-electron chi connectivity index (χ2n) is 5.13. The normalized spacial score (nSPS) is 13.3. The van der Waals surface area contributed by atoms with E-state index in [4.69, 9.17) is 4.98 Å². The molecule has 0 unspecified atom stereocenters. The van der Waals surface area contributed by atoms with Crippen molar-refractivity contribution in [3.63, 3.8) is 0 Å². The molecule has 0 aliphatic heterocycles. The minimum atomic E-state index is 0.631. The van der Waals surface area contributed by atoms with Gasteiger partial charge in [0.25, 0.3) is 0 Å². The molecule has 106 valence electrons. The number of pyridine rings is 1. The van der Waals surface area contributed by atoms with E-state index < -0.39 is 0 Å². The Labute approximate surface area is 129 Å². The molecule has 0 amide bonds. The lowest BCUT2D eigenvalue weighted by Gasteiger charge is -2.18. The topological polar surface area (TPSA) is 48.7 Å². The molecule has 0 atom stereocenters. The van der Waals surface area contributed by atoms with E-state index >= 15 is 0 Å². The number of nitrogens with one attached hydrogen (secondary N) is 1. The zero-order valence-electron chi connectivity index (χ0n) is 12.0. The molecule has 0 spiro atoms. The Morgan fingerprint density at radius 1 is 1.24 bits per heavy atom. The third kappa shape index (κ3) is 2.88. The van der Waals surface area contributed by atoms with E-state index in [0.717, 1.165) is 29.1 Å². The van der Waals surface area contributed by atoms with Gasteiger partial charge in [0.05, 0.1) is 11.3 Å². The summed E-state index contributed by atoms with van der Waals surface area (Å²) in [6.45, 7) is 0. The van der Waals surface area contributed by atoms with E-state index in [9.17, 15) is 5.26 Å². The molecule has 2 aromatic rings. The number of anilines is 2. The molecule has 1 heterocycles. The summed E-state index contributed by atoms with van der Waals surface area (Å²) in [5, 5.41) is 12.7. The molecule has 21 heavy (non-hydrogen) atoms. The number of aromatic nitrogens is 1. The molecule has 0 saturated heterocycles. The van der Waals surface area contributed by atoms with Gasteiger partial charge < -0.3 is 5.32 Å². The van der Waals surface area contributed by atoms with Crippen molar-refractivity contribution >= 4 is 23.3 Å². The van der Waals surface area contributed by atoms with Crippen LogP contribution in [0.1, 0.15) is 29.7 Å². The number of fused-ring (bicyclic) bond motifs is 1. The second-order valence-corrected chi connectivity index (χ2v) is 5.98. The van der Waals surface area contributed by atoms with E-state index in [1.807, 2.05) is 30.5 Å². The number of benzene rings is 1. The van der Waals surface area contributed by atoms with Crippen LogP contribution in [0.5, 0.6) is 0 Å². The van der Waals surface area contributed by atoms with E-state index in [0.29, 0.717) is 11.4 Å². The molecule has 1 aliphatic rings. The lowest BCUT2D eigenvalue weighted by atomic mass is 9.95. The standard InChI is InChI=1S/C17H17N3S/c1-21-16-9-5-4-8-15(16)20-17-13(11-18)10-12-6-2-3-7-14(12)19-17/h4-5,8-10H,2-3,6-7H2,1H3,(H,19,20). The minimum Gasteiger partial charge on any atom is -0.338 e. The van der Waals surface area contributed by atoms with E-state index in [1.165, 1.54) is 18.4 Å². The Bertz CT molecular complexity index is 704. The molecule has 1 aliphatic carbocycles. The van der Waals surface area contributed by atoms with Crippen molar-refractivity contribution in [1.29, 1.82) is 5.26 Å². The largest absolute Gasteiger partial charge is 0.338 e. The second kappa shape index (κ2) is 6.19. The SMILES string of the molecule is CSc1ccccc1Nc1nc2c(cc1C#N)CCCC2. The van der Waals surface area contributed by atoms with Crippen LogP contribution in [0.4, 0.5) is 11.5 Å². The third-order valence-corrected chi connectivity index (χ3v) is 4.58. The summed E-state index contributed by atoms with van der Waals surface area (Å²) in [5.74, 6) is 0.680. The maximum absolute atomic E-state index is 9.39. The average Bonchev–Trinajstić information content (AvgIpc) is 2.54. The number of thioether (sulfide) groups is 1. The zero-order chi connectivity index (χ0) is 14.7. The first kappa shape index (κ1) is 14.0. The number of aryl methyl sites for hydroxylation is 2. The Hall–Kier alpha value is -1.99. The third-order valence-electron chi connectivity index (χ3n) is 3.78. The van der Waals surface area contributed by atoms with Gasteiger partial charge >= 0.3 is 0 Å². The maximum atomic E-state index is 9.39. The van der Waals surface area contributed by atoms with Crippen molar-refractivity contribution < 1.29 is 0 Å². The van der Waals surface area contributed by atoms with Crippen molar-refractivity contribution in [2.75, 3.05) is 11.6 Å². The van der Waals surface area contributed by atoms with Crippen LogP contribution in [0.15, 0.2) is 35.2 Å². The quantitative estimate of drug-likeness (QED) is 0.858. The average molecular weight is 295 g/mol. The minimum absolute atomic E-state index is 0.631. The van der Waals surface area contributed by atoms with Gasteiger partial charge in [-0.15, -0.1) is 11.8 Å². The van der Waals surface area contributed by atoms with Crippen LogP contribution < -0.4 is 5.32 Å². The molecule has 0 radical (unpaired) electrons. The van der Waals surface area contributed by atoms with Gasteiger partial charge in [0.1, 0.15) is 11.9 Å². The number of para-hydroxylation sites is 1. The van der Waals surface area contributed by atoms with Crippen molar-refractivity contribution in [2.45, 2.75) is 30.6 Å². The van der Waals surface area contributed by atoms with Crippen LogP contribution in [-0.2, 0) is 12.8 Å². The van der Waals surface area contributed by atoms with Crippen molar-refractivity contribution in [3.05, 3.63) is 47.2 Å². The van der Waals surface area contributed by atoms with Crippen LogP contribution >= 0.6 is 11.8 Å². The fraction of sp³-hybridized carbons (Fsp3) is 0.294. The molecule has 0 bridgehead atoms. The van der Waals surface area contributed by atoms with Gasteiger partial charge in [0.2, 0.25) is 0 Å². The first-order chi connectivity index (χ1) is 10.3. The Kier molecular flexibility index (Phi) is 4.12. The smallest absolute Gasteiger partial charge is 0.148 e. The number of hydrogen-bond acceptors (Lipinski definition) is 4. The lowest BCUT2D eigenvalue weighted by molar-refractivity contribution is 0.668. The van der Waals surface area contributed by atoms with Gasteiger partial charge in [-0.25, -0.2) is 4.98 Å². The van der Waals surface area contributed by atoms with E-state index in [1.54, 1.807) is 11.8 Å². The molecule has 3 rings (SSSR count). The fourth-order valence-electron chi connectivity index (χ4n) is 2.69. The van der Waals surface area contributed by atoms with Gasteiger partial charge in [-0.05, 0) is 55.7 Å². The first-order valence-corrected chi connectivity index (χ1v) is 8.37. The molecule has 1 N–H and O–H groups in total. The predicted octanol–water partition coefficient (Wildman–Crippen LogP) is 4.30. The van der Waals surface area contributed by atoms with Crippen molar-refractivity contribution in [3.8, 4) is 6.07 Å². The van der Waals surface area contributed by atoms with Crippen LogP contribution in [0.25, 0.3) is 0 Å². The van der Waals surface area contributed by atoms with Gasteiger partial charge in [-0.2, -0.15) is 5.26 Å². The maximum Gasteiger partial charge on any atom is 0.148 e. The van der Waals surface area contributed by atoms with E-state index in [2.05, 4.69) is 17.5 Å². The molecule has 4 heteroatoms. The van der Waals surface area contributed by atoms with Gasteiger partial charge in [0, 0.05) is 10.6 Å². The van der Waals surface area contributed by atoms with Gasteiger partial charge in [0.15, 0.2) is 0 Å². The highest BCUT2D eigenvalue weighted by Gasteiger charge is 2.15. The number of nitriles is 1. The van der Waals surface area contributed by atoms with Crippen molar-refractivity contribution in [1.82, 2.24) is 4.98 Å². The molecule has 0 fully saturated rings. The fourth-order valence-corrected chi connectivity index (χ4v) is 3.24. The summed E-state index contributed by atoms with van der Waals surface area (Å²) >= 11 is 1.68. The number of nitrogens with zero attached hydrogens (tertiary/aromatic N) is 2. The Morgan fingerprint density at radius 2 is 2.05 bits per heavy atom. The molecule has 0 saturated carbocycles. The zero-order valence-corrected chi connectivity index (χ0v) is 12.8. The summed E-state index contributed by atoms with van der Waals surface area (Å²) in [7, 11) is 0.